The molecule has 4 fully saturated rings. The molecule has 0 aromatic carbocycles. The molecule has 0 radical (unpaired) electrons. The van der Waals surface area contributed by atoms with Gasteiger partial charge in [-0.1, -0.05) is 53.9 Å². The van der Waals surface area contributed by atoms with Crippen LogP contribution in [0.3, 0.4) is 0 Å². The standard InChI is InChI=1S/C27H46O3/c1-17(2)7-6-8-18(3)21-9-10-22-20-15-24(29)27(30)16-19(28)11-14-26(27,5)23(20)12-13-25(21,22)4/h17-23,28,30H,6-16H2,1-5H3/t18-,19+,20+,21-,22+,23+,25-,26-,27+/m1/s1. The predicted molar refractivity (Wildman–Crippen MR) is 121 cm³/mol. The van der Waals surface area contributed by atoms with Gasteiger partial charge in [0.15, 0.2) is 5.78 Å². The molecule has 4 aliphatic carbocycles. The molecule has 3 nitrogen and oxygen atoms in total. The van der Waals surface area contributed by atoms with E-state index < -0.39 is 11.7 Å². The number of rotatable bonds is 5. The first-order valence-electron chi connectivity index (χ1n) is 13.0. The van der Waals surface area contributed by atoms with Crippen LogP contribution in [0.15, 0.2) is 0 Å². The zero-order chi connectivity index (χ0) is 21.9. The maximum absolute atomic E-state index is 13.3. The predicted octanol–water partition coefficient (Wildman–Crippen LogP) is 5.76. The lowest BCUT2D eigenvalue weighted by Crippen LogP contribution is -2.67. The van der Waals surface area contributed by atoms with Crippen LogP contribution >= 0.6 is 0 Å². The zero-order valence-electron chi connectivity index (χ0n) is 20.1. The van der Waals surface area contributed by atoms with Crippen LogP contribution in [0.4, 0.5) is 0 Å². The number of fused-ring (bicyclic) bond motifs is 5. The summed E-state index contributed by atoms with van der Waals surface area (Å²) < 4.78 is 0. The number of carbonyl (C=O) groups excluding carboxylic acids is 1. The second-order valence-corrected chi connectivity index (χ2v) is 12.7. The number of Topliss-reactive ketones (excluding diaryl/α,β-unsaturated/α-hetero) is 1. The fraction of sp³-hybridized carbons (Fsp3) is 0.963. The van der Waals surface area contributed by atoms with Gasteiger partial charge in [-0.3, -0.25) is 4.79 Å². The van der Waals surface area contributed by atoms with Gasteiger partial charge in [0.25, 0.3) is 0 Å². The van der Waals surface area contributed by atoms with Crippen molar-refractivity contribution >= 4 is 5.78 Å². The van der Waals surface area contributed by atoms with E-state index in [1.165, 1.54) is 38.5 Å². The van der Waals surface area contributed by atoms with Crippen molar-refractivity contribution in [1.29, 1.82) is 0 Å². The lowest BCUT2D eigenvalue weighted by Gasteiger charge is -2.63. The monoisotopic (exact) mass is 418 g/mol. The largest absolute Gasteiger partial charge is 0.393 e. The molecule has 30 heavy (non-hydrogen) atoms. The van der Waals surface area contributed by atoms with Crippen LogP contribution in [0.1, 0.15) is 105 Å². The minimum Gasteiger partial charge on any atom is -0.393 e. The minimum absolute atomic E-state index is 0.0303. The van der Waals surface area contributed by atoms with Crippen LogP contribution in [-0.4, -0.2) is 27.7 Å². The third-order valence-corrected chi connectivity index (χ3v) is 10.8. The molecule has 9 atom stereocenters. The van der Waals surface area contributed by atoms with Gasteiger partial charge in [-0.2, -0.15) is 0 Å². The van der Waals surface area contributed by atoms with Gasteiger partial charge in [0.1, 0.15) is 5.60 Å². The van der Waals surface area contributed by atoms with Gasteiger partial charge in [-0.25, -0.2) is 0 Å². The molecule has 0 aliphatic heterocycles. The minimum atomic E-state index is -1.30. The van der Waals surface area contributed by atoms with E-state index >= 15 is 0 Å². The van der Waals surface area contributed by atoms with E-state index in [9.17, 15) is 15.0 Å². The fourth-order valence-corrected chi connectivity index (χ4v) is 9.04. The zero-order valence-corrected chi connectivity index (χ0v) is 20.1. The van der Waals surface area contributed by atoms with Gasteiger partial charge < -0.3 is 10.2 Å². The lowest BCUT2D eigenvalue weighted by atomic mass is 9.42. The van der Waals surface area contributed by atoms with Crippen LogP contribution in [-0.2, 0) is 4.79 Å². The van der Waals surface area contributed by atoms with Crippen molar-refractivity contribution in [3.63, 3.8) is 0 Å². The highest BCUT2D eigenvalue weighted by Gasteiger charge is 2.67. The van der Waals surface area contributed by atoms with Crippen molar-refractivity contribution in [2.24, 2.45) is 46.3 Å². The average molecular weight is 419 g/mol. The summed E-state index contributed by atoms with van der Waals surface area (Å²) in [6, 6.07) is 0. The topological polar surface area (TPSA) is 57.5 Å². The maximum atomic E-state index is 13.3. The number of aliphatic hydroxyl groups excluding tert-OH is 1. The Kier molecular flexibility index (Phi) is 5.97. The van der Waals surface area contributed by atoms with E-state index in [1.807, 2.05) is 0 Å². The van der Waals surface area contributed by atoms with Crippen molar-refractivity contribution in [3.8, 4) is 0 Å². The van der Waals surface area contributed by atoms with Crippen molar-refractivity contribution in [2.45, 2.75) is 117 Å². The van der Waals surface area contributed by atoms with Crippen LogP contribution in [0.25, 0.3) is 0 Å². The second kappa shape index (κ2) is 7.87. The Bertz CT molecular complexity index is 658. The average Bonchev–Trinajstić information content (AvgIpc) is 3.01. The Labute approximate surface area is 184 Å². The number of hydrogen-bond acceptors (Lipinski definition) is 3. The van der Waals surface area contributed by atoms with Crippen LogP contribution in [0.2, 0.25) is 0 Å². The van der Waals surface area contributed by atoms with Crippen molar-refractivity contribution in [2.75, 3.05) is 0 Å². The number of carbonyl (C=O) groups is 1. The van der Waals surface area contributed by atoms with E-state index in [0.717, 1.165) is 37.0 Å². The Balaban J connectivity index is 1.54. The first kappa shape index (κ1) is 22.8. The lowest BCUT2D eigenvalue weighted by molar-refractivity contribution is -0.213. The fourth-order valence-electron chi connectivity index (χ4n) is 9.04. The third kappa shape index (κ3) is 3.33. The maximum Gasteiger partial charge on any atom is 0.165 e. The molecule has 0 saturated heterocycles. The van der Waals surface area contributed by atoms with Gasteiger partial charge in [-0.15, -0.1) is 0 Å². The van der Waals surface area contributed by atoms with Gasteiger partial charge in [0.2, 0.25) is 0 Å². The summed E-state index contributed by atoms with van der Waals surface area (Å²) in [5, 5.41) is 21.7. The number of ketones is 1. The molecule has 0 aromatic rings. The van der Waals surface area contributed by atoms with Gasteiger partial charge in [-0.05, 0) is 79.4 Å². The Morgan fingerprint density at radius 1 is 1.00 bits per heavy atom. The summed E-state index contributed by atoms with van der Waals surface area (Å²) in [5.74, 6) is 3.87. The van der Waals surface area contributed by atoms with E-state index in [0.29, 0.717) is 29.6 Å². The molecule has 0 spiro atoms. The van der Waals surface area contributed by atoms with Crippen LogP contribution in [0.5, 0.6) is 0 Å². The smallest absolute Gasteiger partial charge is 0.165 e. The number of aliphatic hydroxyl groups is 2. The van der Waals surface area contributed by atoms with Gasteiger partial charge in [0.05, 0.1) is 6.10 Å². The Morgan fingerprint density at radius 2 is 1.73 bits per heavy atom. The van der Waals surface area contributed by atoms with Gasteiger partial charge >= 0.3 is 0 Å². The molecular formula is C27H46O3. The summed E-state index contributed by atoms with van der Waals surface area (Å²) in [4.78, 5) is 13.3. The Morgan fingerprint density at radius 3 is 2.43 bits per heavy atom. The Hall–Kier alpha value is -0.410. The van der Waals surface area contributed by atoms with Crippen molar-refractivity contribution in [3.05, 3.63) is 0 Å². The molecule has 3 heteroatoms. The van der Waals surface area contributed by atoms with Gasteiger partial charge in [0, 0.05) is 18.3 Å². The summed E-state index contributed by atoms with van der Waals surface area (Å²) in [6.45, 7) is 11.9. The highest BCUT2D eigenvalue weighted by atomic mass is 16.3. The third-order valence-electron chi connectivity index (χ3n) is 10.8. The highest BCUT2D eigenvalue weighted by Crippen LogP contribution is 2.68. The molecule has 0 bridgehead atoms. The van der Waals surface area contributed by atoms with E-state index in [1.54, 1.807) is 0 Å². The SMILES string of the molecule is CC(C)CCC[C@@H](C)[C@H]1CC[C@H]2[C@@H]3CC(=O)[C@@]4(O)C[C@@H](O)CC[C@]4(C)[C@H]3CC[C@]12C. The second-order valence-electron chi connectivity index (χ2n) is 12.7. The molecule has 0 amide bonds. The van der Waals surface area contributed by atoms with E-state index in [-0.39, 0.29) is 17.6 Å². The molecule has 0 unspecified atom stereocenters. The molecule has 2 N–H and O–H groups in total. The van der Waals surface area contributed by atoms with E-state index in [4.69, 9.17) is 0 Å². The normalized spacial score (nSPS) is 49.5. The molecule has 0 heterocycles. The van der Waals surface area contributed by atoms with Crippen molar-refractivity contribution in [1.82, 2.24) is 0 Å². The first-order chi connectivity index (χ1) is 14.0. The number of hydrogen-bond donors (Lipinski definition) is 2. The molecule has 4 rings (SSSR count). The molecule has 172 valence electrons. The molecule has 4 saturated carbocycles. The molecule has 4 aliphatic rings. The quantitative estimate of drug-likeness (QED) is 0.596. The highest BCUT2D eigenvalue weighted by molar-refractivity contribution is 5.89. The van der Waals surface area contributed by atoms with Crippen molar-refractivity contribution < 1.29 is 15.0 Å². The van der Waals surface area contributed by atoms with Crippen LogP contribution < -0.4 is 0 Å². The van der Waals surface area contributed by atoms with Crippen LogP contribution in [0, 0.1) is 46.3 Å². The summed E-state index contributed by atoms with van der Waals surface area (Å²) in [7, 11) is 0. The summed E-state index contributed by atoms with van der Waals surface area (Å²) in [6.07, 6.45) is 10.8. The first-order valence-corrected chi connectivity index (χ1v) is 13.0. The molecular weight excluding hydrogens is 372 g/mol. The van der Waals surface area contributed by atoms with E-state index in [2.05, 4.69) is 34.6 Å². The summed E-state index contributed by atoms with van der Waals surface area (Å²) in [5.41, 5.74) is -1.30. The molecule has 0 aromatic heterocycles. The summed E-state index contributed by atoms with van der Waals surface area (Å²) >= 11 is 0.